The van der Waals surface area contributed by atoms with Gasteiger partial charge >= 0.3 is 0 Å². The number of carbonyl (C=O) groups excluding carboxylic acids is 2. The van der Waals surface area contributed by atoms with E-state index in [1.165, 1.54) is 0 Å². The minimum Gasteiger partial charge on any atom is -0.495 e. The van der Waals surface area contributed by atoms with E-state index in [9.17, 15) is 9.59 Å². The minimum absolute atomic E-state index is 0.0536. The number of rotatable bonds is 4. The molecule has 2 aromatic rings. The normalized spacial score (nSPS) is 17.0. The maximum absolute atomic E-state index is 12.5. The summed E-state index contributed by atoms with van der Waals surface area (Å²) in [6.07, 6.45) is 0.197. The van der Waals surface area contributed by atoms with Crippen molar-refractivity contribution in [1.82, 2.24) is 0 Å². The molecule has 0 radical (unpaired) electrons. The Bertz CT molecular complexity index is 778. The summed E-state index contributed by atoms with van der Waals surface area (Å²) >= 11 is 3.45. The van der Waals surface area contributed by atoms with Crippen LogP contribution in [0, 0.1) is 5.92 Å². The summed E-state index contributed by atoms with van der Waals surface area (Å²) in [5.41, 5.74) is 1.40. The molecule has 3 rings (SSSR count). The molecular formula is C18H17BrN2O3. The molecule has 0 aromatic heterocycles. The van der Waals surface area contributed by atoms with Gasteiger partial charge in [0.15, 0.2) is 0 Å². The smallest absolute Gasteiger partial charge is 0.229 e. The van der Waals surface area contributed by atoms with Crippen LogP contribution in [0.3, 0.4) is 0 Å². The number of benzene rings is 2. The molecule has 0 spiro atoms. The lowest BCUT2D eigenvalue weighted by Gasteiger charge is -2.18. The molecule has 5 nitrogen and oxygen atoms in total. The second kappa shape index (κ2) is 7.05. The van der Waals surface area contributed by atoms with Crippen molar-refractivity contribution in [3.8, 4) is 5.75 Å². The van der Waals surface area contributed by atoms with Gasteiger partial charge in [-0.2, -0.15) is 0 Å². The molecule has 1 unspecified atom stereocenters. The van der Waals surface area contributed by atoms with E-state index in [0.717, 1.165) is 10.2 Å². The van der Waals surface area contributed by atoms with Crippen LogP contribution in [0.2, 0.25) is 0 Å². The highest BCUT2D eigenvalue weighted by atomic mass is 79.9. The highest BCUT2D eigenvalue weighted by Gasteiger charge is 2.36. The molecule has 1 aliphatic heterocycles. The minimum atomic E-state index is -0.394. The largest absolute Gasteiger partial charge is 0.495 e. The molecule has 1 heterocycles. The number of amides is 2. The van der Waals surface area contributed by atoms with Crippen LogP contribution in [-0.2, 0) is 9.59 Å². The fraction of sp³-hybridized carbons (Fsp3) is 0.222. The fourth-order valence-electron chi connectivity index (χ4n) is 2.77. The van der Waals surface area contributed by atoms with Crippen molar-refractivity contribution in [1.29, 1.82) is 0 Å². The first-order valence-corrected chi connectivity index (χ1v) is 8.38. The number of ether oxygens (including phenoxy) is 1. The van der Waals surface area contributed by atoms with E-state index in [1.54, 1.807) is 24.1 Å². The van der Waals surface area contributed by atoms with Crippen molar-refractivity contribution in [2.24, 2.45) is 5.92 Å². The highest BCUT2D eigenvalue weighted by Crippen LogP contribution is 2.32. The summed E-state index contributed by atoms with van der Waals surface area (Å²) in [6, 6.07) is 14.7. The van der Waals surface area contributed by atoms with Gasteiger partial charge in [-0.05, 0) is 40.2 Å². The van der Waals surface area contributed by atoms with Crippen LogP contribution in [0.4, 0.5) is 11.4 Å². The van der Waals surface area contributed by atoms with Gasteiger partial charge in [0.1, 0.15) is 5.75 Å². The molecule has 1 N–H and O–H groups in total. The second-order valence-electron chi connectivity index (χ2n) is 5.55. The van der Waals surface area contributed by atoms with Crippen molar-refractivity contribution < 1.29 is 14.3 Å². The molecule has 0 saturated carbocycles. The Balaban J connectivity index is 1.74. The maximum Gasteiger partial charge on any atom is 0.229 e. The van der Waals surface area contributed by atoms with Crippen molar-refractivity contribution in [3.63, 3.8) is 0 Å². The van der Waals surface area contributed by atoms with Gasteiger partial charge in [0, 0.05) is 17.4 Å². The lowest BCUT2D eigenvalue weighted by molar-refractivity contribution is -0.122. The lowest BCUT2D eigenvalue weighted by atomic mass is 10.1. The van der Waals surface area contributed by atoms with E-state index in [1.807, 2.05) is 36.4 Å². The molecular weight excluding hydrogens is 372 g/mol. The summed E-state index contributed by atoms with van der Waals surface area (Å²) in [7, 11) is 1.55. The lowest BCUT2D eigenvalue weighted by Crippen LogP contribution is -2.28. The number of nitrogens with one attached hydrogen (secondary N) is 1. The zero-order chi connectivity index (χ0) is 17.1. The standard InChI is InChI=1S/C18H17BrN2O3/c1-24-16-9-5-3-7-14(16)20-18(23)12-10-17(22)21(11-12)15-8-4-2-6-13(15)19/h2-9,12H,10-11H2,1H3,(H,20,23). The zero-order valence-corrected chi connectivity index (χ0v) is 14.7. The van der Waals surface area contributed by atoms with E-state index in [4.69, 9.17) is 4.74 Å². The second-order valence-corrected chi connectivity index (χ2v) is 6.40. The molecule has 124 valence electrons. The van der Waals surface area contributed by atoms with Crippen LogP contribution in [0.5, 0.6) is 5.75 Å². The first kappa shape index (κ1) is 16.5. The third kappa shape index (κ3) is 3.28. The van der Waals surface area contributed by atoms with Gasteiger partial charge in [0.05, 0.1) is 24.4 Å². The SMILES string of the molecule is COc1ccccc1NC(=O)C1CC(=O)N(c2ccccc2Br)C1. The molecule has 1 fully saturated rings. The van der Waals surface area contributed by atoms with Crippen LogP contribution in [0.15, 0.2) is 53.0 Å². The molecule has 1 saturated heterocycles. The Morgan fingerprint density at radius 2 is 1.92 bits per heavy atom. The summed E-state index contributed by atoms with van der Waals surface area (Å²) in [6.45, 7) is 0.364. The van der Waals surface area contributed by atoms with E-state index < -0.39 is 5.92 Å². The van der Waals surface area contributed by atoms with E-state index in [0.29, 0.717) is 18.0 Å². The molecule has 2 amide bonds. The van der Waals surface area contributed by atoms with Gasteiger partial charge in [-0.15, -0.1) is 0 Å². The molecule has 0 aliphatic carbocycles. The number of hydrogen-bond acceptors (Lipinski definition) is 3. The molecule has 2 aromatic carbocycles. The van der Waals surface area contributed by atoms with Gasteiger partial charge in [-0.3, -0.25) is 9.59 Å². The number of methoxy groups -OCH3 is 1. The Kier molecular flexibility index (Phi) is 4.85. The van der Waals surface area contributed by atoms with E-state index in [-0.39, 0.29) is 18.2 Å². The highest BCUT2D eigenvalue weighted by molar-refractivity contribution is 9.10. The van der Waals surface area contributed by atoms with Crippen molar-refractivity contribution >= 4 is 39.1 Å². The van der Waals surface area contributed by atoms with Gasteiger partial charge in [0.2, 0.25) is 11.8 Å². The number of para-hydroxylation sites is 3. The van der Waals surface area contributed by atoms with E-state index >= 15 is 0 Å². The van der Waals surface area contributed by atoms with Gasteiger partial charge in [-0.1, -0.05) is 24.3 Å². The monoisotopic (exact) mass is 388 g/mol. The third-order valence-electron chi connectivity index (χ3n) is 4.00. The van der Waals surface area contributed by atoms with Crippen LogP contribution in [0.25, 0.3) is 0 Å². The van der Waals surface area contributed by atoms with Crippen molar-refractivity contribution in [2.75, 3.05) is 23.9 Å². The Hall–Kier alpha value is -2.34. The van der Waals surface area contributed by atoms with Crippen LogP contribution in [-0.4, -0.2) is 25.5 Å². The number of halogens is 1. The summed E-state index contributed by atoms with van der Waals surface area (Å²) in [5.74, 6) is -0.0307. The van der Waals surface area contributed by atoms with Crippen LogP contribution < -0.4 is 15.0 Å². The predicted molar refractivity (Wildman–Crippen MR) is 96.2 cm³/mol. The quantitative estimate of drug-likeness (QED) is 0.872. The van der Waals surface area contributed by atoms with Crippen LogP contribution >= 0.6 is 15.9 Å². The summed E-state index contributed by atoms with van der Waals surface area (Å²) < 4.78 is 6.08. The number of hydrogen-bond donors (Lipinski definition) is 1. The molecule has 0 bridgehead atoms. The number of nitrogens with zero attached hydrogens (tertiary/aromatic N) is 1. The Labute approximate surface area is 148 Å². The Morgan fingerprint density at radius 3 is 2.67 bits per heavy atom. The van der Waals surface area contributed by atoms with E-state index in [2.05, 4.69) is 21.2 Å². The fourth-order valence-corrected chi connectivity index (χ4v) is 3.27. The zero-order valence-electron chi connectivity index (χ0n) is 13.2. The predicted octanol–water partition coefficient (Wildman–Crippen LogP) is 3.45. The molecule has 24 heavy (non-hydrogen) atoms. The average molecular weight is 389 g/mol. The molecule has 1 atom stereocenters. The first-order chi connectivity index (χ1) is 11.6. The van der Waals surface area contributed by atoms with Crippen molar-refractivity contribution in [3.05, 3.63) is 53.0 Å². The van der Waals surface area contributed by atoms with Crippen molar-refractivity contribution in [2.45, 2.75) is 6.42 Å². The number of carbonyl (C=O) groups is 2. The van der Waals surface area contributed by atoms with Gasteiger partial charge in [0.25, 0.3) is 0 Å². The maximum atomic E-state index is 12.5. The summed E-state index contributed by atoms with van der Waals surface area (Å²) in [4.78, 5) is 26.5. The summed E-state index contributed by atoms with van der Waals surface area (Å²) in [5, 5.41) is 2.86. The molecule has 6 heteroatoms. The number of anilines is 2. The average Bonchev–Trinajstić information content (AvgIpc) is 2.97. The molecule has 1 aliphatic rings. The third-order valence-corrected chi connectivity index (χ3v) is 4.67. The topological polar surface area (TPSA) is 58.6 Å². The van der Waals surface area contributed by atoms with Gasteiger partial charge in [-0.25, -0.2) is 0 Å². The van der Waals surface area contributed by atoms with Crippen LogP contribution in [0.1, 0.15) is 6.42 Å². The Morgan fingerprint density at radius 1 is 1.21 bits per heavy atom. The van der Waals surface area contributed by atoms with Gasteiger partial charge < -0.3 is 15.0 Å². The first-order valence-electron chi connectivity index (χ1n) is 7.59.